The maximum atomic E-state index is 9.47. The SMILES string of the molecule is N#C[C@@H]1CN(Cc2ccccc2)C[C@H]1C1CCCCC1. The number of nitriles is 1. The van der Waals surface area contributed by atoms with Crippen LogP contribution in [0.25, 0.3) is 0 Å². The van der Waals surface area contributed by atoms with Gasteiger partial charge in [-0.15, -0.1) is 0 Å². The predicted molar refractivity (Wildman–Crippen MR) is 80.9 cm³/mol. The normalized spacial score (nSPS) is 28.4. The Labute approximate surface area is 122 Å². The Bertz CT molecular complexity index is 456. The molecule has 1 aliphatic heterocycles. The van der Waals surface area contributed by atoms with Gasteiger partial charge in [0.15, 0.2) is 0 Å². The third kappa shape index (κ3) is 3.04. The first-order valence-corrected chi connectivity index (χ1v) is 8.02. The first kappa shape index (κ1) is 13.6. The maximum absolute atomic E-state index is 9.47. The van der Waals surface area contributed by atoms with Crippen LogP contribution in [0.5, 0.6) is 0 Å². The van der Waals surface area contributed by atoms with Crippen molar-refractivity contribution in [3.63, 3.8) is 0 Å². The van der Waals surface area contributed by atoms with E-state index in [1.165, 1.54) is 37.7 Å². The van der Waals surface area contributed by atoms with Crippen LogP contribution in [0.3, 0.4) is 0 Å². The Morgan fingerprint density at radius 2 is 1.80 bits per heavy atom. The zero-order valence-corrected chi connectivity index (χ0v) is 12.2. The molecule has 2 atom stereocenters. The van der Waals surface area contributed by atoms with Gasteiger partial charge in [0.2, 0.25) is 0 Å². The Hall–Kier alpha value is -1.33. The second-order valence-electron chi connectivity index (χ2n) is 6.48. The number of hydrogen-bond acceptors (Lipinski definition) is 2. The summed E-state index contributed by atoms with van der Waals surface area (Å²) >= 11 is 0. The van der Waals surface area contributed by atoms with Crippen molar-refractivity contribution in [3.8, 4) is 6.07 Å². The zero-order valence-electron chi connectivity index (χ0n) is 12.2. The van der Waals surface area contributed by atoms with Gasteiger partial charge in [0.1, 0.15) is 0 Å². The van der Waals surface area contributed by atoms with E-state index in [4.69, 9.17) is 0 Å². The van der Waals surface area contributed by atoms with Crippen molar-refractivity contribution in [2.24, 2.45) is 17.8 Å². The van der Waals surface area contributed by atoms with Gasteiger partial charge >= 0.3 is 0 Å². The lowest BCUT2D eigenvalue weighted by Crippen LogP contribution is -2.25. The molecule has 1 aliphatic carbocycles. The van der Waals surface area contributed by atoms with E-state index in [9.17, 15) is 5.26 Å². The molecule has 0 spiro atoms. The fraction of sp³-hybridized carbons (Fsp3) is 0.611. The molecule has 2 fully saturated rings. The Kier molecular flexibility index (Phi) is 4.38. The molecule has 1 aromatic carbocycles. The highest BCUT2D eigenvalue weighted by Gasteiger charge is 2.38. The number of likely N-dealkylation sites (tertiary alicyclic amines) is 1. The molecule has 0 radical (unpaired) electrons. The minimum absolute atomic E-state index is 0.252. The van der Waals surface area contributed by atoms with E-state index in [2.05, 4.69) is 41.3 Å². The summed E-state index contributed by atoms with van der Waals surface area (Å²) in [6.45, 7) is 3.09. The minimum atomic E-state index is 0.252. The Balaban J connectivity index is 1.63. The number of nitrogens with zero attached hydrogens (tertiary/aromatic N) is 2. The van der Waals surface area contributed by atoms with Crippen LogP contribution >= 0.6 is 0 Å². The molecule has 0 bridgehead atoms. The lowest BCUT2D eigenvalue weighted by molar-refractivity contribution is 0.223. The van der Waals surface area contributed by atoms with Crippen molar-refractivity contribution in [2.75, 3.05) is 13.1 Å². The van der Waals surface area contributed by atoms with Crippen molar-refractivity contribution in [1.29, 1.82) is 5.26 Å². The molecule has 106 valence electrons. The van der Waals surface area contributed by atoms with Crippen LogP contribution < -0.4 is 0 Å². The molecule has 20 heavy (non-hydrogen) atoms. The average molecular weight is 268 g/mol. The first-order valence-electron chi connectivity index (χ1n) is 8.02. The van der Waals surface area contributed by atoms with Gasteiger partial charge in [0, 0.05) is 19.6 Å². The topological polar surface area (TPSA) is 27.0 Å². The van der Waals surface area contributed by atoms with Gasteiger partial charge in [0.25, 0.3) is 0 Å². The molecular formula is C18H24N2. The summed E-state index contributed by atoms with van der Waals surface area (Å²) in [6.07, 6.45) is 6.84. The van der Waals surface area contributed by atoms with Crippen LogP contribution in [0.1, 0.15) is 37.7 Å². The summed E-state index contributed by atoms with van der Waals surface area (Å²) in [6, 6.07) is 13.2. The third-order valence-corrected chi connectivity index (χ3v) is 5.11. The molecule has 1 heterocycles. The van der Waals surface area contributed by atoms with Crippen molar-refractivity contribution >= 4 is 0 Å². The lowest BCUT2D eigenvalue weighted by Gasteiger charge is -2.28. The zero-order chi connectivity index (χ0) is 13.8. The van der Waals surface area contributed by atoms with Crippen molar-refractivity contribution < 1.29 is 0 Å². The van der Waals surface area contributed by atoms with Crippen LogP contribution in [0.4, 0.5) is 0 Å². The van der Waals surface area contributed by atoms with Crippen LogP contribution in [-0.2, 0) is 6.54 Å². The highest BCUT2D eigenvalue weighted by Crippen LogP contribution is 2.38. The van der Waals surface area contributed by atoms with E-state index in [1.807, 2.05) is 0 Å². The van der Waals surface area contributed by atoms with Gasteiger partial charge in [-0.05, 0) is 17.4 Å². The molecule has 1 saturated heterocycles. The molecule has 2 heteroatoms. The molecule has 0 unspecified atom stereocenters. The standard InChI is InChI=1S/C18H24N2/c19-11-17-13-20(12-15-7-3-1-4-8-15)14-18(17)16-9-5-2-6-10-16/h1,3-4,7-8,16-18H,2,5-6,9-10,12-14H2/t17-,18+/m1/s1. The van der Waals surface area contributed by atoms with E-state index in [0.717, 1.165) is 25.6 Å². The summed E-state index contributed by atoms with van der Waals surface area (Å²) in [4.78, 5) is 2.49. The second kappa shape index (κ2) is 6.41. The molecule has 0 aromatic heterocycles. The van der Waals surface area contributed by atoms with Crippen LogP contribution in [-0.4, -0.2) is 18.0 Å². The fourth-order valence-corrected chi connectivity index (χ4v) is 4.06. The molecule has 1 aromatic rings. The molecular weight excluding hydrogens is 244 g/mol. The first-order chi connectivity index (χ1) is 9.86. The van der Waals surface area contributed by atoms with E-state index >= 15 is 0 Å². The lowest BCUT2D eigenvalue weighted by atomic mass is 9.76. The van der Waals surface area contributed by atoms with Gasteiger partial charge in [-0.1, -0.05) is 62.4 Å². The van der Waals surface area contributed by atoms with Crippen LogP contribution in [0, 0.1) is 29.1 Å². The minimum Gasteiger partial charge on any atom is -0.297 e. The predicted octanol–water partition coefficient (Wildman–Crippen LogP) is 3.84. The fourth-order valence-electron chi connectivity index (χ4n) is 4.06. The smallest absolute Gasteiger partial charge is 0.0672 e. The van der Waals surface area contributed by atoms with Crippen molar-refractivity contribution in [1.82, 2.24) is 4.90 Å². The van der Waals surface area contributed by atoms with Crippen LogP contribution in [0.2, 0.25) is 0 Å². The van der Waals surface area contributed by atoms with Gasteiger partial charge < -0.3 is 0 Å². The molecule has 2 nitrogen and oxygen atoms in total. The second-order valence-corrected chi connectivity index (χ2v) is 6.48. The third-order valence-electron chi connectivity index (χ3n) is 5.11. The largest absolute Gasteiger partial charge is 0.297 e. The van der Waals surface area contributed by atoms with E-state index in [1.54, 1.807) is 0 Å². The van der Waals surface area contributed by atoms with E-state index in [-0.39, 0.29) is 5.92 Å². The molecule has 2 aliphatic rings. The highest BCUT2D eigenvalue weighted by atomic mass is 15.2. The number of rotatable bonds is 3. The Morgan fingerprint density at radius 1 is 1.05 bits per heavy atom. The monoisotopic (exact) mass is 268 g/mol. The molecule has 3 rings (SSSR count). The Morgan fingerprint density at radius 3 is 2.50 bits per heavy atom. The molecule has 0 amide bonds. The van der Waals surface area contributed by atoms with Crippen molar-refractivity contribution in [3.05, 3.63) is 35.9 Å². The maximum Gasteiger partial charge on any atom is 0.0672 e. The summed E-state index contributed by atoms with van der Waals surface area (Å²) in [7, 11) is 0. The molecule has 1 saturated carbocycles. The van der Waals surface area contributed by atoms with E-state index in [0.29, 0.717) is 5.92 Å². The van der Waals surface area contributed by atoms with E-state index < -0.39 is 0 Å². The molecule has 0 N–H and O–H groups in total. The van der Waals surface area contributed by atoms with Gasteiger partial charge in [-0.3, -0.25) is 4.90 Å². The number of benzene rings is 1. The summed E-state index contributed by atoms with van der Waals surface area (Å²) < 4.78 is 0. The summed E-state index contributed by atoms with van der Waals surface area (Å²) in [5, 5.41) is 9.47. The average Bonchev–Trinajstić information content (AvgIpc) is 2.92. The van der Waals surface area contributed by atoms with Gasteiger partial charge in [0.05, 0.1) is 12.0 Å². The van der Waals surface area contributed by atoms with Crippen molar-refractivity contribution in [2.45, 2.75) is 38.6 Å². The van der Waals surface area contributed by atoms with Crippen LogP contribution in [0.15, 0.2) is 30.3 Å². The highest BCUT2D eigenvalue weighted by molar-refractivity contribution is 5.15. The quantitative estimate of drug-likeness (QED) is 0.833. The number of hydrogen-bond donors (Lipinski definition) is 0. The van der Waals surface area contributed by atoms with Gasteiger partial charge in [-0.25, -0.2) is 0 Å². The summed E-state index contributed by atoms with van der Waals surface area (Å²) in [5.74, 6) is 1.67. The summed E-state index contributed by atoms with van der Waals surface area (Å²) in [5.41, 5.74) is 1.37. The van der Waals surface area contributed by atoms with Gasteiger partial charge in [-0.2, -0.15) is 5.26 Å².